The second-order valence-corrected chi connectivity index (χ2v) is 11.7. The molecule has 9 heteroatoms. The Bertz CT molecular complexity index is 1210. The first-order valence-electron chi connectivity index (χ1n) is 12.7. The molecule has 0 unspecified atom stereocenters. The minimum Gasteiger partial charge on any atom is -0.507 e. The lowest BCUT2D eigenvalue weighted by atomic mass is 9.84. The fraction of sp³-hybridized carbons (Fsp3) is 0.500. The molecule has 0 aromatic heterocycles. The zero-order chi connectivity index (χ0) is 27.8. The highest BCUT2D eigenvalue weighted by molar-refractivity contribution is 7.90. The molecule has 0 heterocycles. The molecule has 0 aliphatic heterocycles. The molecule has 0 saturated heterocycles. The second-order valence-electron chi connectivity index (χ2n) is 9.96. The molecule has 0 amide bonds. The van der Waals surface area contributed by atoms with Gasteiger partial charge < -0.3 is 19.8 Å². The number of carboxylic acids is 1. The number of carboxylic acid groups (broad SMARTS) is 1. The van der Waals surface area contributed by atoms with Crippen molar-refractivity contribution in [2.75, 3.05) is 30.3 Å². The van der Waals surface area contributed by atoms with E-state index in [0.717, 1.165) is 37.2 Å². The van der Waals surface area contributed by atoms with Crippen molar-refractivity contribution in [1.82, 2.24) is 0 Å². The highest BCUT2D eigenvalue weighted by atomic mass is 32.2. The van der Waals surface area contributed by atoms with Gasteiger partial charge in [-0.25, -0.2) is 13.2 Å². The lowest BCUT2D eigenvalue weighted by Crippen LogP contribution is -2.27. The van der Waals surface area contributed by atoms with Crippen molar-refractivity contribution in [3.05, 3.63) is 53.1 Å². The number of anilines is 1. The number of carbonyl (C=O) groups is 1. The smallest absolute Gasteiger partial charge is 0.339 e. The minimum absolute atomic E-state index is 0.0535. The predicted octanol–water partition coefficient (Wildman–Crippen LogP) is 5.62. The van der Waals surface area contributed by atoms with Crippen LogP contribution in [0.1, 0.15) is 82.3 Å². The van der Waals surface area contributed by atoms with Crippen LogP contribution in [-0.4, -0.2) is 55.8 Å². The molecule has 8 nitrogen and oxygen atoms in total. The minimum atomic E-state index is -3.75. The van der Waals surface area contributed by atoms with E-state index in [4.69, 9.17) is 9.84 Å². The number of hydrogen-bond acceptors (Lipinski definition) is 6. The van der Waals surface area contributed by atoms with Crippen molar-refractivity contribution < 1.29 is 28.2 Å². The van der Waals surface area contributed by atoms with Gasteiger partial charge in [-0.1, -0.05) is 46.6 Å². The molecule has 2 rings (SSSR count). The van der Waals surface area contributed by atoms with Crippen molar-refractivity contribution in [3.8, 4) is 11.5 Å². The molecule has 2 aromatic carbocycles. The van der Waals surface area contributed by atoms with E-state index in [2.05, 4.69) is 43.9 Å². The summed E-state index contributed by atoms with van der Waals surface area (Å²) in [6, 6.07) is 9.68. The number of aromatic carboxylic acids is 1. The van der Waals surface area contributed by atoms with Gasteiger partial charge in [0.1, 0.15) is 23.7 Å². The van der Waals surface area contributed by atoms with E-state index in [1.807, 2.05) is 25.1 Å². The molecule has 2 aromatic rings. The van der Waals surface area contributed by atoms with Crippen LogP contribution in [0.5, 0.6) is 11.5 Å². The van der Waals surface area contributed by atoms with Crippen molar-refractivity contribution >= 4 is 27.4 Å². The summed E-state index contributed by atoms with van der Waals surface area (Å²) < 4.78 is 35.7. The number of hydrogen-bond donors (Lipinski definition) is 2. The first-order valence-corrected chi connectivity index (χ1v) is 14.3. The molecule has 0 aliphatic rings. The molecule has 0 saturated carbocycles. The van der Waals surface area contributed by atoms with Crippen LogP contribution in [0.2, 0.25) is 0 Å². The molecule has 0 radical (unpaired) electrons. The van der Waals surface area contributed by atoms with Crippen LogP contribution in [-0.2, 0) is 15.4 Å². The summed E-state index contributed by atoms with van der Waals surface area (Å²) in [5.74, 6) is -1.54. The SMILES string of the molecule is CCCCCS(=O)(=O)/N=C(/COc1ccc(C(=O)O)c(O)c1)c1ccc(N(CC)CC)c(C(C)(C)C)c1. The number of nitrogens with zero attached hydrogens (tertiary/aromatic N) is 2. The maximum absolute atomic E-state index is 12.9. The van der Waals surface area contributed by atoms with E-state index in [1.54, 1.807) is 0 Å². The number of aromatic hydroxyl groups is 1. The Morgan fingerprint density at radius 2 is 1.70 bits per heavy atom. The predicted molar refractivity (Wildman–Crippen MR) is 149 cm³/mol. The summed E-state index contributed by atoms with van der Waals surface area (Å²) in [5.41, 5.74) is 2.57. The Morgan fingerprint density at radius 3 is 2.24 bits per heavy atom. The summed E-state index contributed by atoms with van der Waals surface area (Å²) in [4.78, 5) is 13.4. The fourth-order valence-electron chi connectivity index (χ4n) is 4.00. The van der Waals surface area contributed by atoms with E-state index in [9.17, 15) is 18.3 Å². The van der Waals surface area contributed by atoms with Crippen molar-refractivity contribution in [3.63, 3.8) is 0 Å². The van der Waals surface area contributed by atoms with Crippen LogP contribution in [0.15, 0.2) is 40.8 Å². The van der Waals surface area contributed by atoms with Crippen LogP contribution in [0, 0.1) is 0 Å². The van der Waals surface area contributed by atoms with Gasteiger partial charge in [-0.15, -0.1) is 0 Å². The zero-order valence-corrected chi connectivity index (χ0v) is 23.6. The van der Waals surface area contributed by atoms with Gasteiger partial charge in [0.25, 0.3) is 10.0 Å². The molecule has 0 atom stereocenters. The van der Waals surface area contributed by atoms with Gasteiger partial charge in [0.15, 0.2) is 0 Å². The number of phenols is 1. The third-order valence-corrected chi connectivity index (χ3v) is 7.38. The Labute approximate surface area is 221 Å². The lowest BCUT2D eigenvalue weighted by Gasteiger charge is -2.30. The largest absolute Gasteiger partial charge is 0.507 e. The number of unbranched alkanes of at least 4 members (excludes halogenated alkanes) is 2. The Balaban J connectivity index is 2.54. The normalized spacial score (nSPS) is 12.4. The van der Waals surface area contributed by atoms with Gasteiger partial charge in [0.2, 0.25) is 0 Å². The summed E-state index contributed by atoms with van der Waals surface area (Å²) in [6.07, 6.45) is 2.21. The molecule has 204 valence electrons. The highest BCUT2D eigenvalue weighted by Crippen LogP contribution is 2.33. The Morgan fingerprint density at radius 1 is 1.03 bits per heavy atom. The van der Waals surface area contributed by atoms with Crippen LogP contribution in [0.4, 0.5) is 5.69 Å². The molecule has 2 N–H and O–H groups in total. The molecule has 0 bridgehead atoms. The third kappa shape index (κ3) is 8.49. The molecular weight excluding hydrogens is 492 g/mol. The van der Waals surface area contributed by atoms with Gasteiger partial charge in [-0.2, -0.15) is 4.40 Å². The van der Waals surface area contributed by atoms with E-state index in [-0.39, 0.29) is 34.8 Å². The second kappa shape index (κ2) is 12.9. The van der Waals surface area contributed by atoms with Gasteiger partial charge in [0, 0.05) is 30.4 Å². The van der Waals surface area contributed by atoms with Gasteiger partial charge in [-0.05, 0) is 55.5 Å². The standard InChI is InChI=1S/C28H40N2O6S/c1-7-10-11-16-37(34,35)29-24(19-36-21-13-14-22(27(32)33)26(31)18-21)20-12-15-25(30(8-2)9-3)23(17-20)28(4,5)6/h12-15,17-18,31H,7-11,16,19H2,1-6H3,(H,32,33)/b29-24-. The number of ether oxygens (including phenoxy) is 1. The lowest BCUT2D eigenvalue weighted by molar-refractivity contribution is 0.0693. The number of sulfonamides is 1. The molecule has 37 heavy (non-hydrogen) atoms. The van der Waals surface area contributed by atoms with Crippen molar-refractivity contribution in [2.45, 2.75) is 66.2 Å². The fourth-order valence-corrected chi connectivity index (χ4v) is 5.15. The van der Waals surface area contributed by atoms with Crippen LogP contribution in [0.3, 0.4) is 0 Å². The Hall–Kier alpha value is -3.07. The van der Waals surface area contributed by atoms with Gasteiger partial charge >= 0.3 is 5.97 Å². The maximum Gasteiger partial charge on any atom is 0.339 e. The van der Waals surface area contributed by atoms with Gasteiger partial charge in [0.05, 0.1) is 11.5 Å². The summed E-state index contributed by atoms with van der Waals surface area (Å²) in [7, 11) is -3.75. The topological polar surface area (TPSA) is 117 Å². The van der Waals surface area contributed by atoms with E-state index >= 15 is 0 Å². The third-order valence-electron chi connectivity index (χ3n) is 6.07. The van der Waals surface area contributed by atoms with Crippen LogP contribution in [0.25, 0.3) is 0 Å². The quantitative estimate of drug-likeness (QED) is 0.254. The van der Waals surface area contributed by atoms with Crippen molar-refractivity contribution in [1.29, 1.82) is 0 Å². The summed E-state index contributed by atoms with van der Waals surface area (Å²) in [6.45, 7) is 14.0. The van der Waals surface area contributed by atoms with Gasteiger partial charge in [-0.3, -0.25) is 0 Å². The first kappa shape index (κ1) is 30.2. The Kier molecular flexibility index (Phi) is 10.5. The van der Waals surface area contributed by atoms with Crippen LogP contribution < -0.4 is 9.64 Å². The molecular formula is C28H40N2O6S. The number of benzene rings is 2. The summed E-state index contributed by atoms with van der Waals surface area (Å²) in [5, 5.41) is 19.2. The molecule has 0 aliphatic carbocycles. The maximum atomic E-state index is 12.9. The van der Waals surface area contributed by atoms with Crippen molar-refractivity contribution in [2.24, 2.45) is 4.40 Å². The monoisotopic (exact) mass is 532 g/mol. The average Bonchev–Trinajstić information content (AvgIpc) is 2.82. The number of rotatable bonds is 13. The zero-order valence-electron chi connectivity index (χ0n) is 22.7. The average molecular weight is 533 g/mol. The highest BCUT2D eigenvalue weighted by Gasteiger charge is 2.23. The van der Waals surface area contributed by atoms with E-state index < -0.39 is 21.7 Å². The summed E-state index contributed by atoms with van der Waals surface area (Å²) >= 11 is 0. The van der Waals surface area contributed by atoms with Crippen LogP contribution >= 0.6 is 0 Å². The molecule has 0 fully saturated rings. The molecule has 0 spiro atoms. The first-order chi connectivity index (χ1) is 17.3. The van der Waals surface area contributed by atoms with E-state index in [0.29, 0.717) is 12.0 Å². The van der Waals surface area contributed by atoms with E-state index in [1.165, 1.54) is 18.2 Å².